The Morgan fingerprint density at radius 3 is 2.50 bits per heavy atom. The van der Waals surface area contributed by atoms with Gasteiger partial charge in [-0.05, 0) is 26.8 Å². The van der Waals surface area contributed by atoms with Gasteiger partial charge in [-0.15, -0.1) is 0 Å². The summed E-state index contributed by atoms with van der Waals surface area (Å²) in [6.07, 6.45) is 0. The van der Waals surface area contributed by atoms with E-state index in [-0.39, 0.29) is 11.7 Å². The summed E-state index contributed by atoms with van der Waals surface area (Å²) in [5, 5.41) is 23.6. The second-order valence-electron chi connectivity index (χ2n) is 6.71. The van der Waals surface area contributed by atoms with Crippen molar-refractivity contribution in [1.82, 2.24) is 9.80 Å². The molecule has 8 heteroatoms. The zero-order valence-electron chi connectivity index (χ0n) is 14.3. The second-order valence-corrected chi connectivity index (χ2v) is 6.71. The molecule has 0 spiro atoms. The number of hydrogen-bond acceptors (Lipinski definition) is 5. The summed E-state index contributed by atoms with van der Waals surface area (Å²) in [4.78, 5) is 26.7. The van der Waals surface area contributed by atoms with E-state index in [0.29, 0.717) is 44.0 Å². The maximum absolute atomic E-state index is 12.4. The van der Waals surface area contributed by atoms with Gasteiger partial charge in [-0.2, -0.15) is 0 Å². The van der Waals surface area contributed by atoms with Gasteiger partial charge in [-0.25, -0.2) is 4.79 Å². The molecule has 1 aromatic rings. The molecule has 2 rings (SSSR count). The predicted molar refractivity (Wildman–Crippen MR) is 91.2 cm³/mol. The fourth-order valence-corrected chi connectivity index (χ4v) is 2.81. The number of amides is 2. The van der Waals surface area contributed by atoms with E-state index in [1.807, 2.05) is 0 Å². The molecule has 0 aliphatic carbocycles. The Morgan fingerprint density at radius 2 is 1.96 bits per heavy atom. The number of anilines is 1. The fourth-order valence-electron chi connectivity index (χ4n) is 2.81. The second kappa shape index (κ2) is 7.14. The molecule has 132 valence electrons. The molecular formula is C16H24N4O4. The molecule has 0 radical (unpaired) electrons. The monoisotopic (exact) mass is 336 g/mol. The maximum Gasteiger partial charge on any atom is 0.321 e. The highest BCUT2D eigenvalue weighted by Gasteiger charge is 2.25. The number of β-amino-alcohol motifs (C(OH)–C–C–N with tert-alkyl or cyclic N) is 1. The van der Waals surface area contributed by atoms with Crippen LogP contribution in [-0.2, 0) is 0 Å². The van der Waals surface area contributed by atoms with E-state index in [1.54, 1.807) is 37.8 Å². The van der Waals surface area contributed by atoms with Crippen molar-refractivity contribution in [2.45, 2.75) is 26.4 Å². The minimum atomic E-state index is -0.759. The molecule has 1 fully saturated rings. The molecule has 2 amide bonds. The number of benzene rings is 1. The number of carbonyl (C=O) groups is 1. The van der Waals surface area contributed by atoms with Gasteiger partial charge in [0, 0.05) is 38.8 Å². The molecule has 1 heterocycles. The Bertz CT molecular complexity index is 619. The van der Waals surface area contributed by atoms with Crippen molar-refractivity contribution < 1.29 is 14.8 Å². The van der Waals surface area contributed by atoms with Crippen LogP contribution in [0.3, 0.4) is 0 Å². The van der Waals surface area contributed by atoms with Crippen LogP contribution in [-0.4, -0.2) is 64.2 Å². The van der Waals surface area contributed by atoms with Crippen molar-refractivity contribution in [3.8, 4) is 0 Å². The molecule has 0 atom stereocenters. The molecular weight excluding hydrogens is 312 g/mol. The lowest BCUT2D eigenvalue weighted by Crippen LogP contribution is -2.52. The third-order valence-electron chi connectivity index (χ3n) is 4.01. The minimum absolute atomic E-state index is 0.0113. The molecule has 1 saturated heterocycles. The van der Waals surface area contributed by atoms with Crippen molar-refractivity contribution in [3.63, 3.8) is 0 Å². The standard InChI is InChI=1S/C16H24N4O4/c1-12-13(5-4-6-14(12)20(23)24)17-15(21)19-9-7-18(8-10-19)11-16(2,3)22/h4-6,22H,7-11H2,1-3H3,(H,17,21). The van der Waals surface area contributed by atoms with Crippen LogP contribution in [0.15, 0.2) is 18.2 Å². The summed E-state index contributed by atoms with van der Waals surface area (Å²) in [5.41, 5.74) is 0.122. The van der Waals surface area contributed by atoms with E-state index in [9.17, 15) is 20.0 Å². The van der Waals surface area contributed by atoms with Gasteiger partial charge in [0.05, 0.1) is 21.8 Å². The topological polar surface area (TPSA) is 99.0 Å². The first-order valence-electron chi connectivity index (χ1n) is 7.92. The van der Waals surface area contributed by atoms with Crippen molar-refractivity contribution in [2.75, 3.05) is 38.0 Å². The summed E-state index contributed by atoms with van der Waals surface area (Å²) in [5.74, 6) is 0. The van der Waals surface area contributed by atoms with Gasteiger partial charge in [-0.1, -0.05) is 6.07 Å². The van der Waals surface area contributed by atoms with Crippen LogP contribution in [0.1, 0.15) is 19.4 Å². The Balaban J connectivity index is 1.95. The van der Waals surface area contributed by atoms with E-state index in [4.69, 9.17) is 0 Å². The first-order chi connectivity index (χ1) is 11.2. The number of aliphatic hydroxyl groups is 1. The summed E-state index contributed by atoms with van der Waals surface area (Å²) in [6.45, 7) is 8.18. The largest absolute Gasteiger partial charge is 0.389 e. The highest BCUT2D eigenvalue weighted by molar-refractivity contribution is 5.90. The number of piperazine rings is 1. The van der Waals surface area contributed by atoms with Gasteiger partial charge in [-0.3, -0.25) is 15.0 Å². The Hall–Kier alpha value is -2.19. The molecule has 24 heavy (non-hydrogen) atoms. The van der Waals surface area contributed by atoms with Crippen LogP contribution >= 0.6 is 0 Å². The minimum Gasteiger partial charge on any atom is -0.389 e. The zero-order valence-corrected chi connectivity index (χ0v) is 14.3. The van der Waals surface area contributed by atoms with Crippen molar-refractivity contribution in [3.05, 3.63) is 33.9 Å². The molecule has 1 aromatic carbocycles. The SMILES string of the molecule is Cc1c(NC(=O)N2CCN(CC(C)(C)O)CC2)cccc1[N+](=O)[O-]. The number of nitrogens with zero attached hydrogens (tertiary/aromatic N) is 3. The molecule has 8 nitrogen and oxygen atoms in total. The smallest absolute Gasteiger partial charge is 0.321 e. The van der Waals surface area contributed by atoms with Crippen LogP contribution in [0.5, 0.6) is 0 Å². The molecule has 2 N–H and O–H groups in total. The summed E-state index contributed by atoms with van der Waals surface area (Å²) in [7, 11) is 0. The normalized spacial score (nSPS) is 16.1. The van der Waals surface area contributed by atoms with Gasteiger partial charge in [0.15, 0.2) is 0 Å². The van der Waals surface area contributed by atoms with Gasteiger partial charge >= 0.3 is 6.03 Å². The van der Waals surface area contributed by atoms with Gasteiger partial charge in [0.2, 0.25) is 0 Å². The summed E-state index contributed by atoms with van der Waals surface area (Å²) < 4.78 is 0. The van der Waals surface area contributed by atoms with Crippen molar-refractivity contribution in [1.29, 1.82) is 0 Å². The fraction of sp³-hybridized carbons (Fsp3) is 0.562. The van der Waals surface area contributed by atoms with E-state index in [0.717, 1.165) is 0 Å². The lowest BCUT2D eigenvalue weighted by atomic mass is 10.1. The number of nitro groups is 1. The first-order valence-corrected chi connectivity index (χ1v) is 7.92. The van der Waals surface area contributed by atoms with Crippen LogP contribution in [0.2, 0.25) is 0 Å². The highest BCUT2D eigenvalue weighted by atomic mass is 16.6. The van der Waals surface area contributed by atoms with Crippen LogP contribution in [0, 0.1) is 17.0 Å². The van der Waals surface area contributed by atoms with Crippen molar-refractivity contribution in [2.24, 2.45) is 0 Å². The lowest BCUT2D eigenvalue weighted by Gasteiger charge is -2.37. The van der Waals surface area contributed by atoms with Crippen molar-refractivity contribution >= 4 is 17.4 Å². The molecule has 1 aliphatic rings. The Kier molecular flexibility index (Phi) is 5.40. The third kappa shape index (κ3) is 4.65. The average molecular weight is 336 g/mol. The quantitative estimate of drug-likeness (QED) is 0.645. The van der Waals surface area contributed by atoms with E-state index >= 15 is 0 Å². The van der Waals surface area contributed by atoms with E-state index in [1.165, 1.54) is 6.07 Å². The van der Waals surface area contributed by atoms with Crippen LogP contribution < -0.4 is 5.32 Å². The van der Waals surface area contributed by atoms with Crippen LogP contribution in [0.25, 0.3) is 0 Å². The highest BCUT2D eigenvalue weighted by Crippen LogP contribution is 2.25. The summed E-state index contributed by atoms with van der Waals surface area (Å²) >= 11 is 0. The van der Waals surface area contributed by atoms with Crippen LogP contribution in [0.4, 0.5) is 16.2 Å². The number of rotatable bonds is 4. The van der Waals surface area contributed by atoms with Gasteiger partial charge < -0.3 is 15.3 Å². The Labute approximate surface area is 141 Å². The summed E-state index contributed by atoms with van der Waals surface area (Å²) in [6, 6.07) is 4.37. The number of carbonyl (C=O) groups excluding carboxylic acids is 1. The number of nitrogens with one attached hydrogen (secondary N) is 1. The van der Waals surface area contributed by atoms with E-state index < -0.39 is 10.5 Å². The average Bonchev–Trinajstić information content (AvgIpc) is 2.48. The number of nitro benzene ring substituents is 1. The van der Waals surface area contributed by atoms with Gasteiger partial charge in [0.1, 0.15) is 0 Å². The molecule has 0 aromatic heterocycles. The Morgan fingerprint density at radius 1 is 1.33 bits per heavy atom. The number of hydrogen-bond donors (Lipinski definition) is 2. The first kappa shape index (κ1) is 18.2. The zero-order chi connectivity index (χ0) is 17.9. The van der Waals surface area contributed by atoms with E-state index in [2.05, 4.69) is 10.2 Å². The molecule has 1 aliphatic heterocycles. The molecule has 0 saturated carbocycles. The lowest BCUT2D eigenvalue weighted by molar-refractivity contribution is -0.385. The number of urea groups is 1. The maximum atomic E-state index is 12.4. The molecule has 0 unspecified atom stereocenters. The van der Waals surface area contributed by atoms with Gasteiger partial charge in [0.25, 0.3) is 5.69 Å². The third-order valence-corrected chi connectivity index (χ3v) is 4.01. The predicted octanol–water partition coefficient (Wildman–Crippen LogP) is 1.82. The molecule has 0 bridgehead atoms.